The molecule has 1 amide bonds. The fraction of sp³-hybridized carbons (Fsp3) is 0.364. The van der Waals surface area contributed by atoms with Gasteiger partial charge in [-0.3, -0.25) is 4.79 Å². The van der Waals surface area contributed by atoms with Gasteiger partial charge in [-0.15, -0.1) is 0 Å². The molecule has 1 N–H and O–H groups in total. The van der Waals surface area contributed by atoms with Gasteiger partial charge in [0.15, 0.2) is 0 Å². The van der Waals surface area contributed by atoms with E-state index >= 15 is 0 Å². The molecule has 0 saturated heterocycles. The summed E-state index contributed by atoms with van der Waals surface area (Å²) in [6.45, 7) is 3.49. The van der Waals surface area contributed by atoms with E-state index in [9.17, 15) is 4.79 Å². The molecular weight excluding hydrogens is 354 g/mol. The summed E-state index contributed by atoms with van der Waals surface area (Å²) in [5.41, 5.74) is 3.17. The average Bonchev–Trinajstić information content (AvgIpc) is 3.04. The Balaban J connectivity index is 1.45. The van der Waals surface area contributed by atoms with Gasteiger partial charge in [0.1, 0.15) is 17.3 Å². The number of ether oxygens (including phenoxy) is 2. The van der Waals surface area contributed by atoms with Crippen molar-refractivity contribution in [2.45, 2.75) is 32.7 Å². The van der Waals surface area contributed by atoms with Gasteiger partial charge in [-0.25, -0.2) is 4.98 Å². The van der Waals surface area contributed by atoms with Crippen LogP contribution in [0.4, 0.5) is 0 Å². The molecular formula is C22H27N3O3. The standard InChI is InChI=1S/C22H27N3O3/c1-16-24-20-7-4-5-8-21(20)25(16)12-6-11-23-22(26)10-9-17-13-18(27-2)15-19(14-17)28-3/h4-5,7-8,13-15H,6,9-12H2,1-3H3,(H,23,26). The zero-order chi connectivity index (χ0) is 19.9. The van der Waals surface area contributed by atoms with E-state index in [-0.39, 0.29) is 5.91 Å². The minimum atomic E-state index is 0.0500. The summed E-state index contributed by atoms with van der Waals surface area (Å²) in [5.74, 6) is 2.52. The van der Waals surface area contributed by atoms with Crippen molar-refractivity contribution in [3.05, 3.63) is 53.9 Å². The van der Waals surface area contributed by atoms with E-state index in [0.717, 1.165) is 46.9 Å². The third-order valence-corrected chi connectivity index (χ3v) is 4.78. The second-order valence-corrected chi connectivity index (χ2v) is 6.72. The highest BCUT2D eigenvalue weighted by molar-refractivity contribution is 5.76. The molecule has 0 aliphatic rings. The number of hydrogen-bond donors (Lipinski definition) is 1. The predicted octanol–water partition coefficient (Wildman–Crippen LogP) is 3.50. The number of amides is 1. The summed E-state index contributed by atoms with van der Waals surface area (Å²) in [5, 5.41) is 3.00. The summed E-state index contributed by atoms with van der Waals surface area (Å²) in [4.78, 5) is 16.7. The lowest BCUT2D eigenvalue weighted by Gasteiger charge is -2.10. The lowest BCUT2D eigenvalue weighted by atomic mass is 10.1. The van der Waals surface area contributed by atoms with Crippen molar-refractivity contribution in [1.82, 2.24) is 14.9 Å². The summed E-state index contributed by atoms with van der Waals surface area (Å²) < 4.78 is 12.7. The highest BCUT2D eigenvalue weighted by atomic mass is 16.5. The van der Waals surface area contributed by atoms with Crippen molar-refractivity contribution in [1.29, 1.82) is 0 Å². The minimum Gasteiger partial charge on any atom is -0.497 e. The van der Waals surface area contributed by atoms with Gasteiger partial charge in [0.05, 0.1) is 25.3 Å². The van der Waals surface area contributed by atoms with Gasteiger partial charge >= 0.3 is 0 Å². The number of nitrogens with one attached hydrogen (secondary N) is 1. The van der Waals surface area contributed by atoms with Crippen LogP contribution >= 0.6 is 0 Å². The van der Waals surface area contributed by atoms with Crippen molar-refractivity contribution < 1.29 is 14.3 Å². The Morgan fingerprint density at radius 2 is 1.82 bits per heavy atom. The summed E-state index contributed by atoms with van der Waals surface area (Å²) in [7, 11) is 3.24. The SMILES string of the molecule is COc1cc(CCC(=O)NCCCn2c(C)nc3ccccc32)cc(OC)c1. The van der Waals surface area contributed by atoms with Gasteiger partial charge in [0, 0.05) is 25.6 Å². The van der Waals surface area contributed by atoms with Crippen LogP contribution < -0.4 is 14.8 Å². The molecule has 6 nitrogen and oxygen atoms in total. The minimum absolute atomic E-state index is 0.0500. The zero-order valence-electron chi connectivity index (χ0n) is 16.7. The van der Waals surface area contributed by atoms with Gasteiger partial charge in [-0.05, 0) is 49.6 Å². The van der Waals surface area contributed by atoms with Crippen LogP contribution in [0.15, 0.2) is 42.5 Å². The van der Waals surface area contributed by atoms with E-state index < -0.39 is 0 Å². The number of para-hydroxylation sites is 2. The number of carbonyl (C=O) groups is 1. The molecule has 3 rings (SSSR count). The number of benzene rings is 2. The van der Waals surface area contributed by atoms with E-state index in [1.54, 1.807) is 14.2 Å². The normalized spacial score (nSPS) is 10.8. The third-order valence-electron chi connectivity index (χ3n) is 4.78. The third kappa shape index (κ3) is 4.82. The molecule has 1 heterocycles. The van der Waals surface area contributed by atoms with Gasteiger partial charge in [-0.2, -0.15) is 0 Å². The Hall–Kier alpha value is -3.02. The number of rotatable bonds is 9. The van der Waals surface area contributed by atoms with Crippen LogP contribution in [0.5, 0.6) is 11.5 Å². The number of nitrogens with zero attached hydrogens (tertiary/aromatic N) is 2. The monoisotopic (exact) mass is 381 g/mol. The number of aromatic nitrogens is 2. The molecule has 3 aromatic rings. The predicted molar refractivity (Wildman–Crippen MR) is 110 cm³/mol. The molecule has 0 aliphatic carbocycles. The molecule has 0 aliphatic heterocycles. The molecule has 6 heteroatoms. The fourth-order valence-electron chi connectivity index (χ4n) is 3.30. The molecule has 0 spiro atoms. The molecule has 148 valence electrons. The topological polar surface area (TPSA) is 65.4 Å². The second-order valence-electron chi connectivity index (χ2n) is 6.72. The van der Waals surface area contributed by atoms with Crippen LogP contribution in [0.1, 0.15) is 24.2 Å². The van der Waals surface area contributed by atoms with E-state index in [1.165, 1.54) is 0 Å². The molecule has 1 aromatic heterocycles. The zero-order valence-corrected chi connectivity index (χ0v) is 16.7. The Morgan fingerprint density at radius 1 is 1.11 bits per heavy atom. The van der Waals surface area contributed by atoms with E-state index in [0.29, 0.717) is 19.4 Å². The van der Waals surface area contributed by atoms with Crippen molar-refractivity contribution >= 4 is 16.9 Å². The Morgan fingerprint density at radius 3 is 2.54 bits per heavy atom. The molecule has 0 bridgehead atoms. The quantitative estimate of drug-likeness (QED) is 0.576. The molecule has 0 radical (unpaired) electrons. The van der Waals surface area contributed by atoms with Gasteiger partial charge < -0.3 is 19.4 Å². The maximum Gasteiger partial charge on any atom is 0.220 e. The van der Waals surface area contributed by atoms with Crippen LogP contribution in [-0.4, -0.2) is 36.2 Å². The maximum absolute atomic E-state index is 12.2. The average molecular weight is 381 g/mol. The highest BCUT2D eigenvalue weighted by Crippen LogP contribution is 2.23. The molecule has 0 unspecified atom stereocenters. The summed E-state index contributed by atoms with van der Waals surface area (Å²) >= 11 is 0. The number of carbonyl (C=O) groups excluding carboxylic acids is 1. The Bertz CT molecular complexity index is 927. The van der Waals surface area contributed by atoms with Gasteiger partial charge in [-0.1, -0.05) is 12.1 Å². The van der Waals surface area contributed by atoms with Gasteiger partial charge in [0.25, 0.3) is 0 Å². The fourth-order valence-corrected chi connectivity index (χ4v) is 3.30. The van der Waals surface area contributed by atoms with Crippen LogP contribution in [0, 0.1) is 6.92 Å². The van der Waals surface area contributed by atoms with Crippen molar-refractivity contribution in [2.75, 3.05) is 20.8 Å². The van der Waals surface area contributed by atoms with E-state index in [2.05, 4.69) is 20.9 Å². The number of methoxy groups -OCH3 is 2. The first-order valence-electron chi connectivity index (χ1n) is 9.51. The first kappa shape index (κ1) is 19.7. The number of fused-ring (bicyclic) bond motifs is 1. The largest absolute Gasteiger partial charge is 0.497 e. The molecule has 0 atom stereocenters. The van der Waals surface area contributed by atoms with E-state index in [1.807, 2.05) is 43.3 Å². The number of hydrogen-bond acceptors (Lipinski definition) is 4. The summed E-state index contributed by atoms with van der Waals surface area (Å²) in [6, 6.07) is 13.8. The Labute approximate surface area is 165 Å². The maximum atomic E-state index is 12.2. The first-order valence-corrected chi connectivity index (χ1v) is 9.51. The van der Waals surface area contributed by atoms with Gasteiger partial charge in [0.2, 0.25) is 5.91 Å². The smallest absolute Gasteiger partial charge is 0.220 e. The molecule has 0 fully saturated rings. The molecule has 2 aromatic carbocycles. The van der Waals surface area contributed by atoms with Crippen molar-refractivity contribution in [2.24, 2.45) is 0 Å². The lowest BCUT2D eigenvalue weighted by Crippen LogP contribution is -2.25. The van der Waals surface area contributed by atoms with Crippen molar-refractivity contribution in [3.63, 3.8) is 0 Å². The van der Waals surface area contributed by atoms with Crippen LogP contribution in [0.2, 0.25) is 0 Å². The summed E-state index contributed by atoms with van der Waals surface area (Å²) in [6.07, 6.45) is 1.94. The molecule has 28 heavy (non-hydrogen) atoms. The lowest BCUT2D eigenvalue weighted by molar-refractivity contribution is -0.121. The number of aryl methyl sites for hydroxylation is 3. The highest BCUT2D eigenvalue weighted by Gasteiger charge is 2.08. The number of imidazole rings is 1. The van der Waals surface area contributed by atoms with Crippen LogP contribution in [0.3, 0.4) is 0 Å². The van der Waals surface area contributed by atoms with E-state index in [4.69, 9.17) is 9.47 Å². The first-order chi connectivity index (χ1) is 13.6. The second kappa shape index (κ2) is 9.26. The Kier molecular flexibility index (Phi) is 6.53. The van der Waals surface area contributed by atoms with Crippen molar-refractivity contribution in [3.8, 4) is 11.5 Å². The molecule has 0 saturated carbocycles. The van der Waals surface area contributed by atoms with Crippen LogP contribution in [-0.2, 0) is 17.8 Å². The van der Waals surface area contributed by atoms with Crippen LogP contribution in [0.25, 0.3) is 11.0 Å².